The molecule has 1 aliphatic heterocycles. The van der Waals surface area contributed by atoms with Crippen LogP contribution in [0.1, 0.15) is 19.3 Å². The third-order valence-electron chi connectivity index (χ3n) is 5.92. The quantitative estimate of drug-likeness (QED) is 0.412. The Morgan fingerprint density at radius 3 is 2.77 bits per heavy atom. The number of rotatable bonds is 3. The van der Waals surface area contributed by atoms with E-state index in [2.05, 4.69) is 42.2 Å². The van der Waals surface area contributed by atoms with Gasteiger partial charge in [-0.25, -0.2) is 9.97 Å². The van der Waals surface area contributed by atoms with Crippen molar-refractivity contribution in [1.82, 2.24) is 30.1 Å². The number of piperidine rings is 1. The highest BCUT2D eigenvalue weighted by Gasteiger charge is 2.18. The zero-order chi connectivity index (χ0) is 20.8. The van der Waals surface area contributed by atoms with E-state index in [4.69, 9.17) is 10.7 Å². The number of hydrogen-bond acceptors (Lipinski definition) is 6. The van der Waals surface area contributed by atoms with Crippen LogP contribution in [0, 0.1) is 0 Å². The molecule has 0 spiro atoms. The second-order valence-corrected chi connectivity index (χ2v) is 7.99. The smallest absolute Gasteiger partial charge is 0.139 e. The highest BCUT2D eigenvalue weighted by atomic mass is 15.1. The highest BCUT2D eigenvalue weighted by Crippen LogP contribution is 2.33. The van der Waals surface area contributed by atoms with Crippen LogP contribution in [-0.4, -0.2) is 43.2 Å². The largest absolute Gasteiger partial charge is 0.397 e. The molecule has 154 valence electrons. The first kappa shape index (κ1) is 17.9. The van der Waals surface area contributed by atoms with Gasteiger partial charge in [0.05, 0.1) is 22.6 Å². The molecule has 1 saturated heterocycles. The average molecular weight is 410 g/mol. The van der Waals surface area contributed by atoms with E-state index in [0.717, 1.165) is 57.8 Å². The Hall–Kier alpha value is -3.94. The molecule has 5 aromatic heterocycles. The van der Waals surface area contributed by atoms with Crippen molar-refractivity contribution >= 4 is 33.4 Å². The van der Waals surface area contributed by atoms with Crippen molar-refractivity contribution in [2.45, 2.75) is 19.3 Å². The van der Waals surface area contributed by atoms with Crippen molar-refractivity contribution in [3.63, 3.8) is 0 Å². The molecule has 0 bridgehead atoms. The van der Waals surface area contributed by atoms with Crippen molar-refractivity contribution in [1.29, 1.82) is 0 Å². The number of pyridine rings is 3. The Labute approximate surface area is 178 Å². The number of H-pyrrole nitrogens is 2. The van der Waals surface area contributed by atoms with Crippen molar-refractivity contribution in [2.24, 2.45) is 0 Å². The minimum atomic E-state index is 0.610. The summed E-state index contributed by atoms with van der Waals surface area (Å²) < 4.78 is 0. The van der Waals surface area contributed by atoms with Gasteiger partial charge >= 0.3 is 0 Å². The van der Waals surface area contributed by atoms with Gasteiger partial charge in [0.15, 0.2) is 0 Å². The van der Waals surface area contributed by atoms with E-state index in [9.17, 15) is 0 Å². The number of aromatic nitrogens is 6. The molecule has 0 amide bonds. The summed E-state index contributed by atoms with van der Waals surface area (Å²) in [7, 11) is 0. The fourth-order valence-electron chi connectivity index (χ4n) is 4.40. The van der Waals surface area contributed by atoms with E-state index in [1.54, 1.807) is 12.4 Å². The van der Waals surface area contributed by atoms with Crippen LogP contribution < -0.4 is 10.6 Å². The molecule has 0 atom stereocenters. The van der Waals surface area contributed by atoms with Crippen LogP contribution in [-0.2, 0) is 0 Å². The van der Waals surface area contributed by atoms with E-state index >= 15 is 0 Å². The molecular formula is C23H22N8. The number of nitrogen functional groups attached to an aromatic ring is 1. The number of anilines is 2. The van der Waals surface area contributed by atoms with Crippen LogP contribution in [0.4, 0.5) is 11.4 Å². The van der Waals surface area contributed by atoms with Crippen LogP contribution in [0.3, 0.4) is 0 Å². The van der Waals surface area contributed by atoms with Gasteiger partial charge in [0.2, 0.25) is 0 Å². The van der Waals surface area contributed by atoms with Gasteiger partial charge in [-0.3, -0.25) is 10.1 Å². The van der Waals surface area contributed by atoms with Gasteiger partial charge in [-0.05, 0) is 49.6 Å². The first-order chi connectivity index (χ1) is 15.3. The molecule has 0 unspecified atom stereocenters. The number of nitrogens with one attached hydrogen (secondary N) is 2. The maximum absolute atomic E-state index is 5.90. The zero-order valence-electron chi connectivity index (χ0n) is 17.0. The van der Waals surface area contributed by atoms with Gasteiger partial charge in [0.25, 0.3) is 0 Å². The van der Waals surface area contributed by atoms with Crippen LogP contribution in [0.2, 0.25) is 0 Å². The Bertz CT molecular complexity index is 1390. The minimum Gasteiger partial charge on any atom is -0.397 e. The van der Waals surface area contributed by atoms with Crippen molar-refractivity contribution in [3.8, 4) is 22.6 Å². The van der Waals surface area contributed by atoms with Crippen LogP contribution in [0.25, 0.3) is 44.7 Å². The number of nitrogens with zero attached hydrogens (tertiary/aromatic N) is 5. The molecule has 1 fully saturated rings. The van der Waals surface area contributed by atoms with Crippen molar-refractivity contribution in [3.05, 3.63) is 48.9 Å². The maximum atomic E-state index is 5.90. The van der Waals surface area contributed by atoms with Crippen LogP contribution >= 0.6 is 0 Å². The maximum Gasteiger partial charge on any atom is 0.139 e. The van der Waals surface area contributed by atoms with E-state index < -0.39 is 0 Å². The SMILES string of the molecule is Nc1cncc(-c2ccc3[nH]nc(-c4cc5c(N6CCCCC6)ccnc5[nH]4)c3n2)c1. The molecule has 31 heavy (non-hydrogen) atoms. The summed E-state index contributed by atoms with van der Waals surface area (Å²) in [5.41, 5.74) is 13.6. The van der Waals surface area contributed by atoms with Gasteiger partial charge in [0, 0.05) is 48.3 Å². The summed E-state index contributed by atoms with van der Waals surface area (Å²) >= 11 is 0. The normalized spacial score (nSPS) is 14.5. The lowest BCUT2D eigenvalue weighted by Crippen LogP contribution is -2.29. The molecule has 0 aliphatic carbocycles. The summed E-state index contributed by atoms with van der Waals surface area (Å²) in [4.78, 5) is 19.5. The molecule has 0 radical (unpaired) electrons. The van der Waals surface area contributed by atoms with Gasteiger partial charge in [0.1, 0.15) is 16.9 Å². The first-order valence-corrected chi connectivity index (χ1v) is 10.6. The van der Waals surface area contributed by atoms with Crippen LogP contribution in [0.15, 0.2) is 48.9 Å². The molecule has 1 aliphatic rings. The zero-order valence-corrected chi connectivity index (χ0v) is 17.0. The molecule has 8 heteroatoms. The summed E-state index contributed by atoms with van der Waals surface area (Å²) in [5.74, 6) is 0. The van der Waals surface area contributed by atoms with E-state index in [0.29, 0.717) is 5.69 Å². The minimum absolute atomic E-state index is 0.610. The van der Waals surface area contributed by atoms with E-state index in [1.165, 1.54) is 24.9 Å². The summed E-state index contributed by atoms with van der Waals surface area (Å²) in [5, 5.41) is 8.77. The number of nitrogens with two attached hydrogens (primary N) is 1. The highest BCUT2D eigenvalue weighted by molar-refractivity contribution is 5.97. The molecular weight excluding hydrogens is 388 g/mol. The Morgan fingerprint density at radius 2 is 1.90 bits per heavy atom. The van der Waals surface area contributed by atoms with E-state index in [-0.39, 0.29) is 0 Å². The standard InChI is InChI=1S/C23H22N8/c24-15-10-14(12-25-13-15)17-4-5-18-21(27-17)22(30-29-18)19-11-16-20(6-7-26-23(16)28-19)31-8-2-1-3-9-31/h4-7,10-13H,1-3,8-9,24H2,(H,26,28)(H,29,30). The summed E-state index contributed by atoms with van der Waals surface area (Å²) in [6.45, 7) is 2.17. The van der Waals surface area contributed by atoms with Gasteiger partial charge in [-0.1, -0.05) is 0 Å². The van der Waals surface area contributed by atoms with E-state index in [1.807, 2.05) is 24.4 Å². The predicted octanol–water partition coefficient (Wildman–Crippen LogP) is 4.14. The Morgan fingerprint density at radius 1 is 1.00 bits per heavy atom. The molecule has 0 saturated carbocycles. The first-order valence-electron chi connectivity index (χ1n) is 10.6. The summed E-state index contributed by atoms with van der Waals surface area (Å²) in [6.07, 6.45) is 9.04. The third-order valence-corrected chi connectivity index (χ3v) is 5.92. The van der Waals surface area contributed by atoms with Crippen molar-refractivity contribution < 1.29 is 0 Å². The fraction of sp³-hybridized carbons (Fsp3) is 0.217. The lowest BCUT2D eigenvalue weighted by atomic mass is 10.1. The second kappa shape index (κ2) is 7.09. The lowest BCUT2D eigenvalue weighted by Gasteiger charge is -2.29. The second-order valence-electron chi connectivity index (χ2n) is 7.99. The molecule has 5 aromatic rings. The van der Waals surface area contributed by atoms with Gasteiger partial charge in [-0.15, -0.1) is 0 Å². The van der Waals surface area contributed by atoms with Gasteiger partial charge < -0.3 is 15.6 Å². The number of aromatic amines is 2. The van der Waals surface area contributed by atoms with Crippen LogP contribution in [0.5, 0.6) is 0 Å². The predicted molar refractivity (Wildman–Crippen MR) is 123 cm³/mol. The molecule has 6 heterocycles. The molecule has 8 nitrogen and oxygen atoms in total. The third kappa shape index (κ3) is 3.07. The number of hydrogen-bond donors (Lipinski definition) is 3. The average Bonchev–Trinajstić information content (AvgIpc) is 3.43. The number of fused-ring (bicyclic) bond motifs is 2. The lowest BCUT2D eigenvalue weighted by molar-refractivity contribution is 0.579. The molecule has 6 rings (SSSR count). The van der Waals surface area contributed by atoms with Crippen molar-refractivity contribution in [2.75, 3.05) is 23.7 Å². The molecule has 4 N–H and O–H groups in total. The monoisotopic (exact) mass is 410 g/mol. The summed E-state index contributed by atoms with van der Waals surface area (Å²) in [6, 6.07) is 10.0. The fourth-order valence-corrected chi connectivity index (χ4v) is 4.40. The Balaban J connectivity index is 1.46. The van der Waals surface area contributed by atoms with Gasteiger partial charge in [-0.2, -0.15) is 5.10 Å². The molecule has 0 aromatic carbocycles. The topological polar surface area (TPSA) is 112 Å². The Kier molecular flexibility index (Phi) is 4.09.